The number of pyridine rings is 1. The quantitative estimate of drug-likeness (QED) is 0.397. The Labute approximate surface area is 168 Å². The van der Waals surface area contributed by atoms with E-state index in [0.717, 1.165) is 22.0 Å². The number of nitrogens with zero attached hydrogens (tertiary/aromatic N) is 4. The fraction of sp³-hybridized carbons (Fsp3) is 0.0909. The zero-order valence-corrected chi connectivity index (χ0v) is 16.0. The molecule has 4 rings (SSSR count). The van der Waals surface area contributed by atoms with Crippen molar-refractivity contribution in [3.8, 4) is 22.9 Å². The minimum Gasteiger partial charge on any atom is -0.493 e. The summed E-state index contributed by atoms with van der Waals surface area (Å²) < 4.78 is 10.6. The summed E-state index contributed by atoms with van der Waals surface area (Å²) in [6.07, 6.45) is 5.15. The van der Waals surface area contributed by atoms with Gasteiger partial charge in [0.1, 0.15) is 0 Å². The molecule has 0 aliphatic carbocycles. The second-order valence-electron chi connectivity index (χ2n) is 6.14. The number of para-hydroxylation sites is 1. The minimum absolute atomic E-state index is 0.584. The smallest absolute Gasteiger partial charge is 0.163 e. The first-order valence-electron chi connectivity index (χ1n) is 8.97. The summed E-state index contributed by atoms with van der Waals surface area (Å²) in [5.74, 6) is 2.51. The molecule has 0 unspecified atom stereocenters. The van der Waals surface area contributed by atoms with Gasteiger partial charge in [0.2, 0.25) is 0 Å². The van der Waals surface area contributed by atoms with Crippen molar-refractivity contribution in [1.82, 2.24) is 15.0 Å². The molecule has 0 radical (unpaired) electrons. The average molecular weight is 385 g/mol. The van der Waals surface area contributed by atoms with Crippen LogP contribution >= 0.6 is 0 Å². The molecule has 2 heterocycles. The van der Waals surface area contributed by atoms with Crippen LogP contribution in [0.3, 0.4) is 0 Å². The Bertz CT molecular complexity index is 1160. The fourth-order valence-electron chi connectivity index (χ4n) is 2.89. The lowest BCUT2D eigenvalue weighted by molar-refractivity contribution is 0.355. The number of methoxy groups -OCH3 is 2. The van der Waals surface area contributed by atoms with Gasteiger partial charge < -0.3 is 9.47 Å². The van der Waals surface area contributed by atoms with Gasteiger partial charge >= 0.3 is 0 Å². The van der Waals surface area contributed by atoms with Crippen LogP contribution in [0.1, 0.15) is 5.56 Å². The largest absolute Gasteiger partial charge is 0.493 e. The van der Waals surface area contributed by atoms with Gasteiger partial charge in [-0.15, -0.1) is 0 Å². The summed E-state index contributed by atoms with van der Waals surface area (Å²) in [5, 5.41) is 5.23. The van der Waals surface area contributed by atoms with Gasteiger partial charge in [-0.1, -0.05) is 12.1 Å². The van der Waals surface area contributed by atoms with E-state index in [9.17, 15) is 0 Å². The first-order valence-corrected chi connectivity index (χ1v) is 8.97. The van der Waals surface area contributed by atoms with Crippen molar-refractivity contribution >= 4 is 22.9 Å². The second kappa shape index (κ2) is 8.35. The number of ether oxygens (including phenoxy) is 2. The molecule has 0 saturated carbocycles. The highest BCUT2D eigenvalue weighted by atomic mass is 16.5. The van der Waals surface area contributed by atoms with E-state index in [0.29, 0.717) is 23.1 Å². The van der Waals surface area contributed by atoms with Gasteiger partial charge in [-0.05, 0) is 48.0 Å². The molecular formula is C22H19N5O2. The number of benzene rings is 2. The summed E-state index contributed by atoms with van der Waals surface area (Å²) in [7, 11) is 3.21. The van der Waals surface area contributed by atoms with Crippen molar-refractivity contribution in [3.63, 3.8) is 0 Å². The maximum absolute atomic E-state index is 5.33. The molecule has 2 aromatic heterocycles. The molecule has 0 atom stereocenters. The Morgan fingerprint density at radius 1 is 0.931 bits per heavy atom. The Morgan fingerprint density at radius 2 is 1.79 bits per heavy atom. The number of hydrogen-bond donors (Lipinski definition) is 1. The average Bonchev–Trinajstić information content (AvgIpc) is 2.79. The van der Waals surface area contributed by atoms with Crippen molar-refractivity contribution < 1.29 is 9.47 Å². The normalized spacial score (nSPS) is 11.0. The lowest BCUT2D eigenvalue weighted by atomic mass is 10.2. The molecular weight excluding hydrogens is 366 g/mol. The van der Waals surface area contributed by atoms with Crippen LogP contribution in [0.4, 0.5) is 5.82 Å². The van der Waals surface area contributed by atoms with E-state index < -0.39 is 0 Å². The molecule has 7 nitrogen and oxygen atoms in total. The van der Waals surface area contributed by atoms with E-state index in [1.54, 1.807) is 32.8 Å². The summed E-state index contributed by atoms with van der Waals surface area (Å²) >= 11 is 0. The van der Waals surface area contributed by atoms with Crippen LogP contribution in [0.25, 0.3) is 22.3 Å². The Morgan fingerprint density at radius 3 is 2.59 bits per heavy atom. The molecule has 0 fully saturated rings. The first kappa shape index (κ1) is 18.4. The van der Waals surface area contributed by atoms with E-state index in [2.05, 4.69) is 25.5 Å². The van der Waals surface area contributed by atoms with Crippen LogP contribution in [-0.4, -0.2) is 35.4 Å². The number of aromatic nitrogens is 3. The lowest BCUT2D eigenvalue weighted by Crippen LogP contribution is -1.99. The van der Waals surface area contributed by atoms with Gasteiger partial charge in [0.15, 0.2) is 23.1 Å². The van der Waals surface area contributed by atoms with Gasteiger partial charge in [-0.3, -0.25) is 10.4 Å². The zero-order valence-electron chi connectivity index (χ0n) is 16.0. The van der Waals surface area contributed by atoms with E-state index in [-0.39, 0.29) is 0 Å². The van der Waals surface area contributed by atoms with Gasteiger partial charge in [0.05, 0.1) is 26.0 Å². The molecule has 0 amide bonds. The van der Waals surface area contributed by atoms with Crippen molar-refractivity contribution in [2.24, 2.45) is 5.10 Å². The van der Waals surface area contributed by atoms with Crippen LogP contribution in [0.2, 0.25) is 0 Å². The van der Waals surface area contributed by atoms with Crippen LogP contribution in [0.5, 0.6) is 11.5 Å². The molecule has 2 aromatic carbocycles. The Hall–Kier alpha value is -4.00. The summed E-state index contributed by atoms with van der Waals surface area (Å²) in [6.45, 7) is 0. The highest BCUT2D eigenvalue weighted by Gasteiger charge is 2.09. The van der Waals surface area contributed by atoms with E-state index in [1.807, 2.05) is 54.6 Å². The number of fused-ring (bicyclic) bond motifs is 1. The molecule has 144 valence electrons. The Balaban J connectivity index is 1.66. The van der Waals surface area contributed by atoms with Crippen molar-refractivity contribution in [3.05, 3.63) is 72.6 Å². The van der Waals surface area contributed by atoms with Crippen molar-refractivity contribution in [2.75, 3.05) is 19.6 Å². The first-order chi connectivity index (χ1) is 14.3. The highest BCUT2D eigenvalue weighted by molar-refractivity contribution is 5.91. The number of nitrogens with one attached hydrogen (secondary N) is 1. The summed E-state index contributed by atoms with van der Waals surface area (Å²) in [5.41, 5.74) is 5.56. The maximum Gasteiger partial charge on any atom is 0.163 e. The predicted molar refractivity (Wildman–Crippen MR) is 114 cm³/mol. The predicted octanol–water partition coefficient (Wildman–Crippen LogP) is 4.16. The van der Waals surface area contributed by atoms with Gasteiger partial charge in [0.25, 0.3) is 0 Å². The zero-order chi connectivity index (χ0) is 20.1. The summed E-state index contributed by atoms with van der Waals surface area (Å²) in [6, 6.07) is 17.1. The summed E-state index contributed by atoms with van der Waals surface area (Å²) in [4.78, 5) is 13.4. The number of hydrazone groups is 1. The third-order valence-corrected chi connectivity index (χ3v) is 4.31. The van der Waals surface area contributed by atoms with Crippen LogP contribution < -0.4 is 14.9 Å². The molecule has 0 aliphatic heterocycles. The van der Waals surface area contributed by atoms with Gasteiger partial charge in [0, 0.05) is 23.3 Å². The SMILES string of the molecule is COc1ccc(/C=N/Nc2nc(-c3cccnc3)nc3ccccc23)cc1OC. The second-order valence-corrected chi connectivity index (χ2v) is 6.14. The molecule has 4 aromatic rings. The fourth-order valence-corrected chi connectivity index (χ4v) is 2.89. The molecule has 7 heteroatoms. The number of anilines is 1. The van der Waals surface area contributed by atoms with E-state index >= 15 is 0 Å². The molecule has 0 saturated heterocycles. The van der Waals surface area contributed by atoms with E-state index in [4.69, 9.17) is 9.47 Å². The van der Waals surface area contributed by atoms with E-state index in [1.165, 1.54) is 0 Å². The molecule has 0 spiro atoms. The minimum atomic E-state index is 0.584. The molecule has 0 aliphatic rings. The van der Waals surface area contributed by atoms with Gasteiger partial charge in [-0.2, -0.15) is 5.10 Å². The molecule has 0 bridgehead atoms. The van der Waals surface area contributed by atoms with Crippen LogP contribution in [0.15, 0.2) is 72.1 Å². The third kappa shape index (κ3) is 3.98. The molecule has 29 heavy (non-hydrogen) atoms. The standard InChI is InChI=1S/C22H19N5O2/c1-28-19-10-9-15(12-20(19)29-2)13-24-27-22-17-7-3-4-8-18(17)25-21(26-22)16-6-5-11-23-14-16/h3-14H,1-2H3,(H,25,26,27)/b24-13+. The topological polar surface area (TPSA) is 81.5 Å². The van der Waals surface area contributed by atoms with Gasteiger partial charge in [-0.25, -0.2) is 9.97 Å². The number of hydrogen-bond acceptors (Lipinski definition) is 7. The van der Waals surface area contributed by atoms with Crippen LogP contribution in [0, 0.1) is 0 Å². The Kier molecular flexibility index (Phi) is 5.29. The lowest BCUT2D eigenvalue weighted by Gasteiger charge is -2.09. The maximum atomic E-state index is 5.33. The highest BCUT2D eigenvalue weighted by Crippen LogP contribution is 2.27. The third-order valence-electron chi connectivity index (χ3n) is 4.31. The molecule has 1 N–H and O–H groups in total. The van der Waals surface area contributed by atoms with Crippen molar-refractivity contribution in [1.29, 1.82) is 0 Å². The number of rotatable bonds is 6. The van der Waals surface area contributed by atoms with Crippen molar-refractivity contribution in [2.45, 2.75) is 0 Å². The monoisotopic (exact) mass is 385 g/mol. The van der Waals surface area contributed by atoms with Crippen LogP contribution in [-0.2, 0) is 0 Å².